The van der Waals surface area contributed by atoms with Gasteiger partial charge in [0.2, 0.25) is 17.7 Å². The quantitative estimate of drug-likeness (QED) is 0.0439. The van der Waals surface area contributed by atoms with Crippen LogP contribution in [0.4, 0.5) is 20.1 Å². The maximum Gasteiger partial charge on any atom is 0.410 e. The number of hydrogen-bond donors (Lipinski definition) is 3. The summed E-state index contributed by atoms with van der Waals surface area (Å²) in [5.74, 6) is -2.31. The van der Waals surface area contributed by atoms with Gasteiger partial charge in [-0.15, -0.1) is 0 Å². The molecule has 0 radical (unpaired) electrons. The van der Waals surface area contributed by atoms with Gasteiger partial charge in [-0.1, -0.05) is 64.3 Å². The highest BCUT2D eigenvalue weighted by molar-refractivity contribution is 9.09. The summed E-state index contributed by atoms with van der Waals surface area (Å²) in [4.78, 5) is 97.3. The third kappa shape index (κ3) is 17.0. The van der Waals surface area contributed by atoms with Crippen molar-refractivity contribution >= 4 is 75.2 Å². The van der Waals surface area contributed by atoms with E-state index in [1.165, 1.54) is 57.0 Å². The average molecular weight is 1170 g/mol. The van der Waals surface area contributed by atoms with Crippen molar-refractivity contribution in [2.24, 2.45) is 5.92 Å². The molecule has 1 aromatic carbocycles. The number of allylic oxidation sites excluding steroid dienone is 3. The number of aliphatic hydroxyl groups is 1. The molecular weight excluding hydrogens is 1090 g/mol. The maximum atomic E-state index is 14.4. The largest absolute Gasteiger partial charge is 0.495 e. The molecule has 1 aromatic rings. The zero-order chi connectivity index (χ0) is 56.8. The fourth-order valence-corrected chi connectivity index (χ4v) is 9.80. The van der Waals surface area contributed by atoms with Crippen molar-refractivity contribution < 1.29 is 76.6 Å². The molecule has 77 heavy (non-hydrogen) atoms. The number of fused-ring (bicyclic) bond motifs is 5. The molecule has 428 valence electrons. The summed E-state index contributed by atoms with van der Waals surface area (Å²) in [5.41, 5.74) is -1.22. The first kappa shape index (κ1) is 62.4. The van der Waals surface area contributed by atoms with Gasteiger partial charge in [0.15, 0.2) is 5.72 Å². The molecule has 0 spiro atoms. The van der Waals surface area contributed by atoms with Crippen molar-refractivity contribution in [2.75, 3.05) is 85.5 Å². The molecule has 0 aromatic heterocycles. The fourth-order valence-electron chi connectivity index (χ4n) is 9.29. The van der Waals surface area contributed by atoms with Crippen LogP contribution in [-0.4, -0.2) is 196 Å². The third-order valence-corrected chi connectivity index (χ3v) is 15.3. The zero-order valence-electron chi connectivity index (χ0n) is 45.7. The number of alkyl halides is 1. The highest BCUT2D eigenvalue weighted by atomic mass is 79.9. The number of nitrogens with zero attached hydrogens (tertiary/aromatic N) is 4. The number of benzene rings is 1. The summed E-state index contributed by atoms with van der Waals surface area (Å²) in [6.07, 6.45) is 4.81. The molecule has 4 aliphatic rings. The standard InChI is InChI=1S/C53H76BrClN6O16/c1-32-14-11-19-41(71-10)53(69)30-40(75-49(66)57-53)33(2)47-52(4,77-47)42(29-45(64)61(8)38-27-35(26-32)28-39(70-9)46(38)55)76-48(65)34(3)60(7)44(63)20-24-73-50(67)58(5)22-23-59(6)51(68)74-37-17-12-15-36(16-13-18-37)72-25-21-56-43(62)31-54/h11-12,14,17,19,27-28,33-34,36-37,40-42,47,69H,13,15-16,18,20-26,29-31H2,1-10H3,(H,56,62)(H,57,66)/b17-12?,19-11+,32-14+/t33-,34+,36?,37?,40+,41-,42+,47+,52+,53+/m1/s1. The van der Waals surface area contributed by atoms with Crippen molar-refractivity contribution in [3.05, 3.63) is 58.7 Å². The molecule has 1 aliphatic carbocycles. The van der Waals surface area contributed by atoms with Crippen LogP contribution in [0.3, 0.4) is 0 Å². The molecule has 4 bridgehead atoms. The number of hydrogen-bond acceptors (Lipinski definition) is 16. The second kappa shape index (κ2) is 28.4. The van der Waals surface area contributed by atoms with E-state index < -0.39 is 96.3 Å². The Labute approximate surface area is 464 Å². The first-order valence-electron chi connectivity index (χ1n) is 25.7. The average Bonchev–Trinajstić information content (AvgIpc) is 4.19. The van der Waals surface area contributed by atoms with E-state index in [0.29, 0.717) is 43.9 Å². The number of alkyl carbamates (subject to hydrolysis) is 1. The number of methoxy groups -OCH3 is 2. The molecule has 3 N–H and O–H groups in total. The lowest BCUT2D eigenvalue weighted by atomic mass is 9.83. The third-order valence-electron chi connectivity index (χ3n) is 14.4. The lowest BCUT2D eigenvalue weighted by Crippen LogP contribution is -2.63. The van der Waals surface area contributed by atoms with Crippen LogP contribution in [0.25, 0.3) is 0 Å². The minimum absolute atomic E-state index is 0.00415. The second-order valence-electron chi connectivity index (χ2n) is 20.1. The van der Waals surface area contributed by atoms with Gasteiger partial charge in [-0.05, 0) is 76.6 Å². The van der Waals surface area contributed by atoms with E-state index in [-0.39, 0.29) is 54.9 Å². The molecule has 5 rings (SSSR count). The Morgan fingerprint density at radius 1 is 1.04 bits per heavy atom. The predicted octanol–water partition coefficient (Wildman–Crippen LogP) is 5.44. The molecule has 2 saturated heterocycles. The van der Waals surface area contributed by atoms with Crippen molar-refractivity contribution in [3.63, 3.8) is 0 Å². The van der Waals surface area contributed by atoms with Gasteiger partial charge in [0.25, 0.3) is 0 Å². The van der Waals surface area contributed by atoms with Crippen LogP contribution in [-0.2, 0) is 58.8 Å². The van der Waals surface area contributed by atoms with E-state index in [2.05, 4.69) is 26.6 Å². The second-order valence-corrected chi connectivity index (χ2v) is 21.0. The summed E-state index contributed by atoms with van der Waals surface area (Å²) < 4.78 is 46.3. The summed E-state index contributed by atoms with van der Waals surface area (Å²) in [6.45, 7) is 7.51. The van der Waals surface area contributed by atoms with E-state index >= 15 is 0 Å². The molecule has 10 atom stereocenters. The van der Waals surface area contributed by atoms with Crippen LogP contribution in [0, 0.1) is 5.92 Å². The number of ether oxygens (including phenoxy) is 8. The Bertz CT molecular complexity index is 2380. The van der Waals surface area contributed by atoms with Gasteiger partial charge in [0.1, 0.15) is 53.4 Å². The van der Waals surface area contributed by atoms with Crippen LogP contribution >= 0.6 is 27.5 Å². The maximum absolute atomic E-state index is 14.4. The molecule has 6 amide bonds. The number of halogens is 2. The summed E-state index contributed by atoms with van der Waals surface area (Å²) in [6, 6.07) is 2.33. The van der Waals surface area contributed by atoms with Crippen LogP contribution < -0.4 is 20.3 Å². The van der Waals surface area contributed by atoms with E-state index in [1.807, 2.05) is 25.2 Å². The molecule has 2 unspecified atom stereocenters. The topological polar surface area (TPSA) is 254 Å². The lowest BCUT2D eigenvalue weighted by molar-refractivity contribution is -0.162. The molecule has 22 nitrogen and oxygen atoms in total. The first-order chi connectivity index (χ1) is 36.4. The first-order valence-corrected chi connectivity index (χ1v) is 27.2. The number of esters is 1. The number of carbonyl (C=O) groups excluding carboxylic acids is 7. The number of carbonyl (C=O) groups is 7. The normalized spacial score (nSPS) is 28.0. The molecule has 0 saturated carbocycles. The van der Waals surface area contributed by atoms with E-state index in [0.717, 1.165) is 28.9 Å². The molecule has 24 heteroatoms. The Morgan fingerprint density at radius 3 is 2.44 bits per heavy atom. The summed E-state index contributed by atoms with van der Waals surface area (Å²) in [5, 5.41) is 17.5. The van der Waals surface area contributed by atoms with Crippen LogP contribution in [0.1, 0.15) is 78.2 Å². The van der Waals surface area contributed by atoms with E-state index in [1.54, 1.807) is 45.2 Å². The Hall–Kier alpha value is -5.46. The summed E-state index contributed by atoms with van der Waals surface area (Å²) in [7, 11) is 8.85. The van der Waals surface area contributed by atoms with Gasteiger partial charge in [0.05, 0.1) is 49.8 Å². The number of anilines is 1. The fraction of sp³-hybridized carbons (Fsp3) is 0.642. The SMILES string of the molecule is COc1cc2cc(c1Cl)N(C)C(=O)C[C@H](OC(=O)[C@H](C)N(C)C(=O)CCOC(=O)N(C)CCN(C)C(=O)OC1C=CCC(OCCNC(=O)CBr)CCC1)[C@]1(C)O[C@H]1[C@H](C)[C@@H]1C[C@@](O)(NC(=O)O1)[C@H](OC)/C=C/C=C(\C)C2. The van der Waals surface area contributed by atoms with Crippen LogP contribution in [0.5, 0.6) is 5.75 Å². The molecular formula is C53H76BrClN6O16. The van der Waals surface area contributed by atoms with Crippen molar-refractivity contribution in [1.82, 2.24) is 25.3 Å². The number of epoxide rings is 1. The Morgan fingerprint density at radius 2 is 1.75 bits per heavy atom. The van der Waals surface area contributed by atoms with Crippen molar-refractivity contribution in [2.45, 2.75) is 133 Å². The zero-order valence-corrected chi connectivity index (χ0v) is 48.0. The van der Waals surface area contributed by atoms with Crippen molar-refractivity contribution in [1.29, 1.82) is 0 Å². The lowest BCUT2D eigenvalue weighted by Gasteiger charge is -2.42. The number of likely N-dealkylation sites (N-methyl/N-ethyl adjacent to an activating group) is 3. The van der Waals surface area contributed by atoms with Gasteiger partial charge in [-0.3, -0.25) is 19.7 Å². The number of rotatable bonds is 17. The van der Waals surface area contributed by atoms with E-state index in [9.17, 15) is 38.7 Å². The molecule has 3 heterocycles. The van der Waals surface area contributed by atoms with Gasteiger partial charge in [-0.2, -0.15) is 0 Å². The highest BCUT2D eigenvalue weighted by Crippen LogP contribution is 2.49. The number of nitrogens with one attached hydrogen (secondary N) is 2. The minimum atomic E-state index is -1.89. The van der Waals surface area contributed by atoms with Gasteiger partial charge in [-0.25, -0.2) is 19.2 Å². The molecule has 3 aliphatic heterocycles. The highest BCUT2D eigenvalue weighted by Gasteiger charge is 2.64. The van der Waals surface area contributed by atoms with Gasteiger partial charge >= 0.3 is 24.2 Å². The smallest absolute Gasteiger partial charge is 0.410 e. The summed E-state index contributed by atoms with van der Waals surface area (Å²) >= 11 is 9.92. The van der Waals surface area contributed by atoms with Crippen LogP contribution in [0.15, 0.2) is 48.1 Å². The monoisotopic (exact) mass is 1170 g/mol. The predicted molar refractivity (Wildman–Crippen MR) is 287 cm³/mol. The minimum Gasteiger partial charge on any atom is -0.495 e. The van der Waals surface area contributed by atoms with E-state index in [4.69, 9.17) is 49.5 Å². The Balaban J connectivity index is 1.18. The van der Waals surface area contributed by atoms with Crippen LogP contribution in [0.2, 0.25) is 5.02 Å². The molecule has 2 fully saturated rings. The van der Waals surface area contributed by atoms with Crippen molar-refractivity contribution in [3.8, 4) is 5.75 Å². The van der Waals surface area contributed by atoms with Gasteiger partial charge in [0, 0.05) is 67.3 Å². The van der Waals surface area contributed by atoms with Gasteiger partial charge < -0.3 is 67.9 Å². The Kier molecular flexibility index (Phi) is 23.0. The number of amides is 6.